The Bertz CT molecular complexity index is 621. The maximum atomic E-state index is 4.71. The van der Waals surface area contributed by atoms with Crippen LogP contribution >= 0.6 is 0 Å². The van der Waals surface area contributed by atoms with Crippen LogP contribution < -0.4 is 10.2 Å². The Morgan fingerprint density at radius 2 is 1.88 bits per heavy atom. The molecule has 1 aromatic heterocycles. The average Bonchev–Trinajstić information content (AvgIpc) is 2.67. The van der Waals surface area contributed by atoms with Crippen LogP contribution in [-0.4, -0.2) is 29.6 Å². The number of nitrogens with one attached hydrogen (secondary N) is 1. The lowest BCUT2D eigenvalue weighted by molar-refractivity contribution is 0.400. The number of unbranched alkanes of at least 4 members (excludes halogenated alkanes) is 2. The van der Waals surface area contributed by atoms with Crippen molar-refractivity contribution in [3.8, 4) is 0 Å². The van der Waals surface area contributed by atoms with Gasteiger partial charge in [-0.05, 0) is 43.2 Å². The molecule has 0 unspecified atom stereocenters. The molecule has 3 rings (SSSR count). The smallest absolute Gasteiger partial charge is 0.227 e. The lowest BCUT2D eigenvalue weighted by Crippen LogP contribution is -2.35. The van der Waals surface area contributed by atoms with Gasteiger partial charge < -0.3 is 10.2 Å². The number of hydrogen-bond acceptors (Lipinski definition) is 4. The van der Waals surface area contributed by atoms with E-state index >= 15 is 0 Å². The largest absolute Gasteiger partial charge is 0.370 e. The summed E-state index contributed by atoms with van der Waals surface area (Å²) in [5.41, 5.74) is 1.45. The molecule has 1 saturated heterocycles. The Kier molecular flexibility index (Phi) is 6.66. The van der Waals surface area contributed by atoms with Crippen molar-refractivity contribution in [1.29, 1.82) is 0 Å². The molecule has 1 N–H and O–H groups in total. The normalized spacial score (nSPS) is 15.3. The van der Waals surface area contributed by atoms with Gasteiger partial charge in [-0.15, -0.1) is 0 Å². The van der Waals surface area contributed by atoms with Crippen molar-refractivity contribution in [3.05, 3.63) is 48.2 Å². The van der Waals surface area contributed by atoms with E-state index in [0.29, 0.717) is 0 Å². The molecule has 1 aliphatic heterocycles. The van der Waals surface area contributed by atoms with Gasteiger partial charge in [0.25, 0.3) is 0 Å². The highest BCUT2D eigenvalue weighted by molar-refractivity contribution is 5.41. The molecule has 4 heteroatoms. The maximum Gasteiger partial charge on any atom is 0.227 e. The maximum absolute atomic E-state index is 4.71. The third kappa shape index (κ3) is 5.45. The van der Waals surface area contributed by atoms with Crippen molar-refractivity contribution in [2.45, 2.75) is 45.4 Å². The topological polar surface area (TPSA) is 41.1 Å². The summed E-state index contributed by atoms with van der Waals surface area (Å²) in [7, 11) is 0. The number of anilines is 2. The van der Waals surface area contributed by atoms with Crippen LogP contribution in [0.2, 0.25) is 0 Å². The van der Waals surface area contributed by atoms with Gasteiger partial charge in [0.05, 0.1) is 0 Å². The van der Waals surface area contributed by atoms with Crippen molar-refractivity contribution in [3.63, 3.8) is 0 Å². The van der Waals surface area contributed by atoms with Crippen molar-refractivity contribution < 1.29 is 0 Å². The molecule has 4 nitrogen and oxygen atoms in total. The van der Waals surface area contributed by atoms with Gasteiger partial charge in [0.2, 0.25) is 5.95 Å². The van der Waals surface area contributed by atoms with Gasteiger partial charge >= 0.3 is 0 Å². The summed E-state index contributed by atoms with van der Waals surface area (Å²) in [5, 5.41) is 3.42. The molecule has 1 aromatic carbocycles. The molecule has 1 fully saturated rings. The second-order valence-electron chi connectivity index (χ2n) is 7.00. The van der Waals surface area contributed by atoms with Gasteiger partial charge in [-0.25, -0.2) is 4.98 Å². The van der Waals surface area contributed by atoms with Crippen molar-refractivity contribution in [2.24, 2.45) is 5.92 Å². The van der Waals surface area contributed by atoms with Crippen molar-refractivity contribution in [1.82, 2.24) is 9.97 Å². The van der Waals surface area contributed by atoms with Gasteiger partial charge in [0.15, 0.2) is 0 Å². The molecular formula is C21H30N4. The molecule has 0 radical (unpaired) electrons. The monoisotopic (exact) mass is 338 g/mol. The predicted molar refractivity (Wildman–Crippen MR) is 105 cm³/mol. The molecule has 2 aromatic rings. The van der Waals surface area contributed by atoms with Crippen LogP contribution in [0.4, 0.5) is 11.8 Å². The lowest BCUT2D eigenvalue weighted by Gasteiger charge is -2.32. The number of nitrogens with zero attached hydrogens (tertiary/aromatic N) is 3. The Balaban J connectivity index is 1.49. The van der Waals surface area contributed by atoms with Crippen LogP contribution in [0.5, 0.6) is 0 Å². The van der Waals surface area contributed by atoms with Gasteiger partial charge in [0, 0.05) is 25.8 Å². The number of hydrogen-bond donors (Lipinski definition) is 1. The van der Waals surface area contributed by atoms with Gasteiger partial charge in [-0.3, -0.25) is 0 Å². The number of benzene rings is 1. The molecule has 1 aliphatic rings. The fraction of sp³-hybridized carbons (Fsp3) is 0.524. The average molecular weight is 338 g/mol. The summed E-state index contributed by atoms with van der Waals surface area (Å²) >= 11 is 0. The zero-order valence-electron chi connectivity index (χ0n) is 15.3. The minimum Gasteiger partial charge on any atom is -0.370 e. The first-order valence-electron chi connectivity index (χ1n) is 9.71. The Hall–Kier alpha value is -2.10. The summed E-state index contributed by atoms with van der Waals surface area (Å²) in [4.78, 5) is 11.5. The Morgan fingerprint density at radius 1 is 1.08 bits per heavy atom. The van der Waals surface area contributed by atoms with E-state index in [0.717, 1.165) is 37.3 Å². The van der Waals surface area contributed by atoms with E-state index < -0.39 is 0 Å². The molecule has 2 heterocycles. The second-order valence-corrected chi connectivity index (χ2v) is 7.00. The SMILES string of the molecule is CCCCCNc1ccnc(N2CCC(Cc3ccccc3)CC2)n1. The molecule has 25 heavy (non-hydrogen) atoms. The summed E-state index contributed by atoms with van der Waals surface area (Å²) in [6.45, 7) is 5.32. The molecule has 0 bridgehead atoms. The number of rotatable bonds is 8. The fourth-order valence-electron chi connectivity index (χ4n) is 3.48. The third-order valence-corrected chi connectivity index (χ3v) is 4.99. The molecule has 0 spiro atoms. The van der Waals surface area contributed by atoms with Crippen LogP contribution in [0.25, 0.3) is 0 Å². The van der Waals surface area contributed by atoms with E-state index in [1.54, 1.807) is 0 Å². The molecular weight excluding hydrogens is 308 g/mol. The van der Waals surface area contributed by atoms with E-state index in [-0.39, 0.29) is 0 Å². The van der Waals surface area contributed by atoms with Crippen molar-refractivity contribution >= 4 is 11.8 Å². The molecule has 0 amide bonds. The molecule has 0 saturated carbocycles. The van der Waals surface area contributed by atoms with Gasteiger partial charge in [0.1, 0.15) is 5.82 Å². The van der Waals surface area contributed by atoms with Crippen LogP contribution in [0.3, 0.4) is 0 Å². The van der Waals surface area contributed by atoms with Crippen LogP contribution in [-0.2, 0) is 6.42 Å². The lowest BCUT2D eigenvalue weighted by atomic mass is 9.90. The first kappa shape index (κ1) is 17.7. The standard InChI is InChI=1S/C21H30N4/c1-2-3-7-13-22-20-10-14-23-21(24-20)25-15-11-19(12-16-25)17-18-8-5-4-6-9-18/h4-6,8-10,14,19H,2-3,7,11-13,15-17H2,1H3,(H,22,23,24). The Labute approximate surface area is 151 Å². The summed E-state index contributed by atoms with van der Waals surface area (Å²) < 4.78 is 0. The quantitative estimate of drug-likeness (QED) is 0.718. The number of aromatic nitrogens is 2. The zero-order chi connectivity index (χ0) is 17.3. The third-order valence-electron chi connectivity index (χ3n) is 4.99. The summed E-state index contributed by atoms with van der Waals surface area (Å²) in [6.07, 6.45) is 9.20. The molecule has 134 valence electrons. The highest BCUT2D eigenvalue weighted by atomic mass is 15.3. The van der Waals surface area contributed by atoms with Crippen LogP contribution in [0.1, 0.15) is 44.6 Å². The van der Waals surface area contributed by atoms with Crippen LogP contribution in [0.15, 0.2) is 42.6 Å². The van der Waals surface area contributed by atoms with E-state index in [1.807, 2.05) is 12.3 Å². The van der Waals surface area contributed by atoms with Gasteiger partial charge in [-0.1, -0.05) is 50.1 Å². The van der Waals surface area contributed by atoms with E-state index in [9.17, 15) is 0 Å². The van der Waals surface area contributed by atoms with Crippen molar-refractivity contribution in [2.75, 3.05) is 29.9 Å². The van der Waals surface area contributed by atoms with E-state index in [1.165, 1.54) is 44.1 Å². The molecule has 0 atom stereocenters. The zero-order valence-corrected chi connectivity index (χ0v) is 15.3. The minimum absolute atomic E-state index is 0.772. The van der Waals surface area contributed by atoms with E-state index in [4.69, 9.17) is 4.98 Å². The van der Waals surface area contributed by atoms with Crippen LogP contribution in [0, 0.1) is 5.92 Å². The minimum atomic E-state index is 0.772. The molecule has 0 aliphatic carbocycles. The fourth-order valence-corrected chi connectivity index (χ4v) is 3.48. The highest BCUT2D eigenvalue weighted by Crippen LogP contribution is 2.24. The number of piperidine rings is 1. The predicted octanol–water partition coefficient (Wildman–Crippen LogP) is 4.54. The second kappa shape index (κ2) is 9.40. The van der Waals surface area contributed by atoms with Gasteiger partial charge in [-0.2, -0.15) is 4.98 Å². The summed E-state index contributed by atoms with van der Waals surface area (Å²) in [5.74, 6) is 2.60. The first-order valence-corrected chi connectivity index (χ1v) is 9.71. The summed E-state index contributed by atoms with van der Waals surface area (Å²) in [6, 6.07) is 12.8. The Morgan fingerprint density at radius 3 is 2.64 bits per heavy atom. The highest BCUT2D eigenvalue weighted by Gasteiger charge is 2.21. The first-order chi connectivity index (χ1) is 12.3. The van der Waals surface area contributed by atoms with E-state index in [2.05, 4.69) is 52.5 Å².